The summed E-state index contributed by atoms with van der Waals surface area (Å²) in [7, 11) is 1.57. The number of amides is 2. The second-order valence-electron chi connectivity index (χ2n) is 13.7. The fourth-order valence-electron chi connectivity index (χ4n) is 7.38. The summed E-state index contributed by atoms with van der Waals surface area (Å²) in [5.74, 6) is 1.81. The van der Waals surface area contributed by atoms with Gasteiger partial charge in [-0.05, 0) is 84.8 Å². The molecule has 6 rings (SSSR count). The van der Waals surface area contributed by atoms with E-state index in [1.807, 2.05) is 36.7 Å². The zero-order chi connectivity index (χ0) is 35.7. The zero-order valence-electron chi connectivity index (χ0n) is 29.3. The number of ether oxygens (including phenoxy) is 1. The molecule has 2 aliphatic rings. The lowest BCUT2D eigenvalue weighted by atomic mass is 9.71. The number of carbonyl (C=O) groups is 3. The number of aromatic nitrogens is 2. The van der Waals surface area contributed by atoms with Gasteiger partial charge < -0.3 is 19.2 Å². The molecule has 2 aromatic heterocycles. The summed E-state index contributed by atoms with van der Waals surface area (Å²) in [5.41, 5.74) is 4.74. The van der Waals surface area contributed by atoms with Crippen LogP contribution in [0.4, 0.5) is 5.88 Å². The molecule has 0 saturated heterocycles. The highest BCUT2D eigenvalue weighted by Crippen LogP contribution is 2.41. The van der Waals surface area contributed by atoms with Gasteiger partial charge in [0.05, 0.1) is 13.5 Å². The number of methoxy groups -OCH3 is 1. The molecule has 10 nitrogen and oxygen atoms in total. The standard InChI is InChI=1S/C41H46N4O6/c1-3-27-4-10-30(11-5-27)31-14-16-32(17-15-31)34-23-42-40(43-24-34)33-12-6-29(7-13-33)25-45(26-39(47)48)41(49)36-20-21-38(51-36)44-37(46)22-28-8-18-35(50-2)19-9-28/h6-9,12-13,16,18-21,23-24,27,30-31H,3-5,10-11,14-15,17,22,25-26H2,1-2H3,(H,44,46)(H,47,48). The maximum absolute atomic E-state index is 13.3. The van der Waals surface area contributed by atoms with Gasteiger partial charge >= 0.3 is 5.97 Å². The molecule has 10 heteroatoms. The lowest BCUT2D eigenvalue weighted by molar-refractivity contribution is -0.137. The minimum atomic E-state index is -1.16. The molecule has 2 heterocycles. The van der Waals surface area contributed by atoms with Gasteiger partial charge in [-0.1, -0.05) is 68.7 Å². The number of aliphatic carboxylic acids is 1. The van der Waals surface area contributed by atoms with E-state index < -0.39 is 18.4 Å². The average Bonchev–Trinajstić information content (AvgIpc) is 3.63. The minimum Gasteiger partial charge on any atom is -0.497 e. The average molecular weight is 691 g/mol. The molecule has 266 valence electrons. The minimum absolute atomic E-state index is 0.0419. The first-order valence-corrected chi connectivity index (χ1v) is 17.9. The molecule has 0 spiro atoms. The molecule has 1 unspecified atom stereocenters. The van der Waals surface area contributed by atoms with Gasteiger partial charge in [-0.2, -0.15) is 0 Å². The number of hydrogen-bond acceptors (Lipinski definition) is 7. The summed E-state index contributed by atoms with van der Waals surface area (Å²) < 4.78 is 10.7. The van der Waals surface area contributed by atoms with E-state index in [4.69, 9.17) is 9.15 Å². The quantitative estimate of drug-likeness (QED) is 0.144. The maximum atomic E-state index is 13.3. The van der Waals surface area contributed by atoms with Crippen molar-refractivity contribution < 1.29 is 28.6 Å². The number of benzene rings is 2. The molecule has 1 atom stereocenters. The Balaban J connectivity index is 1.03. The van der Waals surface area contributed by atoms with E-state index in [2.05, 4.69) is 28.3 Å². The lowest BCUT2D eigenvalue weighted by Gasteiger charge is -2.35. The van der Waals surface area contributed by atoms with Crippen LogP contribution in [-0.2, 0) is 22.6 Å². The topological polar surface area (TPSA) is 135 Å². The molecule has 1 saturated carbocycles. The summed E-state index contributed by atoms with van der Waals surface area (Å²) in [6.45, 7) is 1.84. The third-order valence-electron chi connectivity index (χ3n) is 10.4. The smallest absolute Gasteiger partial charge is 0.323 e. The number of anilines is 1. The van der Waals surface area contributed by atoms with Crippen LogP contribution in [0.5, 0.6) is 5.75 Å². The van der Waals surface area contributed by atoms with E-state index >= 15 is 0 Å². The van der Waals surface area contributed by atoms with E-state index in [1.54, 1.807) is 31.4 Å². The SMILES string of the molecule is CCC1CCC(C2CC=C(c3cnc(-c4ccc(CN(CC(=O)O)C(=O)c5ccc(NC(=O)Cc6ccc(OC)cc6)o5)cc4)nc3)CC2)CC1. The number of hydrogen-bond donors (Lipinski definition) is 2. The fourth-order valence-corrected chi connectivity index (χ4v) is 7.38. The number of carboxylic acid groups (broad SMARTS) is 1. The van der Waals surface area contributed by atoms with Gasteiger partial charge in [0.2, 0.25) is 5.91 Å². The summed E-state index contributed by atoms with van der Waals surface area (Å²) in [4.78, 5) is 48.1. The Morgan fingerprint density at radius 1 is 0.882 bits per heavy atom. The Hall–Kier alpha value is -5.25. The molecule has 0 bridgehead atoms. The first-order valence-electron chi connectivity index (χ1n) is 17.9. The molecule has 0 radical (unpaired) electrons. The summed E-state index contributed by atoms with van der Waals surface area (Å²) in [6, 6.07) is 17.4. The molecule has 2 aliphatic carbocycles. The molecule has 2 amide bonds. The molecular formula is C41H46N4O6. The van der Waals surface area contributed by atoms with Crippen molar-refractivity contribution in [2.75, 3.05) is 19.0 Å². The molecule has 51 heavy (non-hydrogen) atoms. The number of rotatable bonds is 13. The first kappa shape index (κ1) is 35.6. The van der Waals surface area contributed by atoms with Crippen LogP contribution in [0, 0.1) is 17.8 Å². The van der Waals surface area contributed by atoms with Crippen molar-refractivity contribution in [2.24, 2.45) is 17.8 Å². The van der Waals surface area contributed by atoms with Crippen molar-refractivity contribution >= 4 is 29.2 Å². The van der Waals surface area contributed by atoms with Crippen molar-refractivity contribution in [3.8, 4) is 17.1 Å². The Morgan fingerprint density at radius 2 is 1.59 bits per heavy atom. The molecule has 0 aliphatic heterocycles. The van der Waals surface area contributed by atoms with E-state index in [0.717, 1.165) is 52.8 Å². The van der Waals surface area contributed by atoms with Gasteiger partial charge in [0.1, 0.15) is 12.3 Å². The Morgan fingerprint density at radius 3 is 2.22 bits per heavy atom. The van der Waals surface area contributed by atoms with Gasteiger partial charge in [-0.25, -0.2) is 9.97 Å². The van der Waals surface area contributed by atoms with Crippen molar-refractivity contribution in [1.82, 2.24) is 14.9 Å². The third kappa shape index (κ3) is 9.31. The van der Waals surface area contributed by atoms with Gasteiger partial charge in [0.25, 0.3) is 5.91 Å². The Bertz CT molecular complexity index is 1820. The van der Waals surface area contributed by atoms with Crippen molar-refractivity contribution in [3.63, 3.8) is 0 Å². The van der Waals surface area contributed by atoms with Crippen molar-refractivity contribution in [3.05, 3.63) is 102 Å². The Labute approximate surface area is 299 Å². The first-order chi connectivity index (χ1) is 24.8. The van der Waals surface area contributed by atoms with Gasteiger partial charge in [0, 0.05) is 36.1 Å². The largest absolute Gasteiger partial charge is 0.497 e. The molecule has 2 aromatic carbocycles. The predicted octanol–water partition coefficient (Wildman–Crippen LogP) is 8.05. The van der Waals surface area contributed by atoms with Crippen LogP contribution in [0.3, 0.4) is 0 Å². The second kappa shape index (κ2) is 16.6. The molecule has 4 aromatic rings. The molecular weight excluding hydrogens is 644 g/mol. The molecule has 1 fully saturated rings. The van der Waals surface area contributed by atoms with Crippen LogP contribution in [0.1, 0.15) is 85.5 Å². The van der Waals surface area contributed by atoms with Gasteiger partial charge in [0.15, 0.2) is 17.5 Å². The normalized spacial score (nSPS) is 18.8. The lowest BCUT2D eigenvalue weighted by Crippen LogP contribution is -2.35. The van der Waals surface area contributed by atoms with Crippen molar-refractivity contribution in [2.45, 2.75) is 71.3 Å². The van der Waals surface area contributed by atoms with Crippen LogP contribution < -0.4 is 10.1 Å². The number of carboxylic acids is 1. The predicted molar refractivity (Wildman–Crippen MR) is 195 cm³/mol. The third-order valence-corrected chi connectivity index (χ3v) is 10.4. The summed E-state index contributed by atoms with van der Waals surface area (Å²) >= 11 is 0. The van der Waals surface area contributed by atoms with E-state index in [0.29, 0.717) is 11.6 Å². The number of allylic oxidation sites excluding steroid dienone is 2. The number of carbonyl (C=O) groups excluding carboxylic acids is 2. The van der Waals surface area contributed by atoms with E-state index in [-0.39, 0.29) is 30.5 Å². The summed E-state index contributed by atoms with van der Waals surface area (Å²) in [6.07, 6.45) is 16.6. The fraction of sp³-hybridized carbons (Fsp3) is 0.390. The van der Waals surface area contributed by atoms with Crippen LogP contribution in [0.2, 0.25) is 0 Å². The van der Waals surface area contributed by atoms with Crippen LogP contribution in [-0.4, -0.2) is 51.4 Å². The van der Waals surface area contributed by atoms with E-state index in [1.165, 1.54) is 61.1 Å². The van der Waals surface area contributed by atoms with E-state index in [9.17, 15) is 19.5 Å². The highest BCUT2D eigenvalue weighted by Gasteiger charge is 2.28. The number of nitrogens with zero attached hydrogens (tertiary/aromatic N) is 3. The van der Waals surface area contributed by atoms with Gasteiger partial charge in [-0.15, -0.1) is 0 Å². The monoisotopic (exact) mass is 690 g/mol. The van der Waals surface area contributed by atoms with Gasteiger partial charge in [-0.3, -0.25) is 19.7 Å². The maximum Gasteiger partial charge on any atom is 0.323 e. The highest BCUT2D eigenvalue weighted by molar-refractivity contribution is 5.95. The van der Waals surface area contributed by atoms with Crippen LogP contribution >= 0.6 is 0 Å². The molecule has 2 N–H and O–H groups in total. The zero-order valence-corrected chi connectivity index (χ0v) is 29.3. The van der Waals surface area contributed by atoms with Crippen molar-refractivity contribution in [1.29, 1.82) is 0 Å². The van der Waals surface area contributed by atoms with Crippen LogP contribution in [0.25, 0.3) is 17.0 Å². The second-order valence-corrected chi connectivity index (χ2v) is 13.7. The number of nitrogens with one attached hydrogen (secondary N) is 1. The highest BCUT2D eigenvalue weighted by atomic mass is 16.5. The Kier molecular flexibility index (Phi) is 11.6. The van der Waals surface area contributed by atoms with Crippen LogP contribution in [0.15, 0.2) is 83.6 Å². The number of furan rings is 1. The summed E-state index contributed by atoms with van der Waals surface area (Å²) in [5, 5.41) is 12.2.